The average molecular weight is 274 g/mol. The summed E-state index contributed by atoms with van der Waals surface area (Å²) in [7, 11) is 0. The largest absolute Gasteiger partial charge is 0.491 e. The SMILES string of the molecule is CC(C)Oc1ccccc1CN[C@@H]1CCN(C2CC2)C1. The fourth-order valence-corrected chi connectivity index (χ4v) is 3.00. The first-order valence-electron chi connectivity index (χ1n) is 7.94. The average Bonchev–Trinajstić information content (AvgIpc) is 3.17. The molecule has 3 heteroatoms. The number of hydrogen-bond acceptors (Lipinski definition) is 3. The van der Waals surface area contributed by atoms with Crippen LogP contribution in [0.4, 0.5) is 0 Å². The van der Waals surface area contributed by atoms with Gasteiger partial charge in [0.05, 0.1) is 6.10 Å². The van der Waals surface area contributed by atoms with Gasteiger partial charge in [-0.25, -0.2) is 0 Å². The van der Waals surface area contributed by atoms with Gasteiger partial charge < -0.3 is 10.1 Å². The zero-order valence-corrected chi connectivity index (χ0v) is 12.6. The first-order valence-corrected chi connectivity index (χ1v) is 7.94. The standard InChI is InChI=1S/C17H26N2O/c1-13(2)20-17-6-4-3-5-14(17)11-18-15-9-10-19(12-15)16-7-8-16/h3-6,13,15-16,18H,7-12H2,1-2H3/t15-/m1/s1. The van der Waals surface area contributed by atoms with Gasteiger partial charge in [0, 0.05) is 37.3 Å². The first kappa shape index (κ1) is 13.9. The van der Waals surface area contributed by atoms with Crippen molar-refractivity contribution in [1.29, 1.82) is 0 Å². The van der Waals surface area contributed by atoms with Gasteiger partial charge in [0.2, 0.25) is 0 Å². The molecule has 2 fully saturated rings. The minimum absolute atomic E-state index is 0.230. The molecular weight excluding hydrogens is 248 g/mol. The molecule has 0 spiro atoms. The Hall–Kier alpha value is -1.06. The van der Waals surface area contributed by atoms with E-state index in [0.717, 1.165) is 18.3 Å². The van der Waals surface area contributed by atoms with Gasteiger partial charge in [0.1, 0.15) is 5.75 Å². The monoisotopic (exact) mass is 274 g/mol. The predicted molar refractivity (Wildman–Crippen MR) is 82.0 cm³/mol. The fourth-order valence-electron chi connectivity index (χ4n) is 3.00. The minimum Gasteiger partial charge on any atom is -0.491 e. The summed E-state index contributed by atoms with van der Waals surface area (Å²) in [5, 5.41) is 3.70. The maximum absolute atomic E-state index is 5.88. The highest BCUT2D eigenvalue weighted by atomic mass is 16.5. The molecule has 1 N–H and O–H groups in total. The van der Waals surface area contributed by atoms with E-state index in [1.807, 2.05) is 6.07 Å². The zero-order chi connectivity index (χ0) is 13.9. The van der Waals surface area contributed by atoms with Crippen LogP contribution in [0, 0.1) is 0 Å². The van der Waals surface area contributed by atoms with Crippen LogP contribution in [0.2, 0.25) is 0 Å². The van der Waals surface area contributed by atoms with E-state index in [-0.39, 0.29) is 6.10 Å². The normalized spacial score (nSPS) is 23.4. The molecular formula is C17H26N2O. The molecule has 0 bridgehead atoms. The lowest BCUT2D eigenvalue weighted by molar-refractivity contribution is 0.239. The summed E-state index contributed by atoms with van der Waals surface area (Å²) < 4.78 is 5.88. The molecule has 1 aliphatic heterocycles. The van der Waals surface area contributed by atoms with Crippen molar-refractivity contribution in [3.05, 3.63) is 29.8 Å². The molecule has 1 saturated carbocycles. The lowest BCUT2D eigenvalue weighted by atomic mass is 10.1. The molecule has 0 amide bonds. The summed E-state index contributed by atoms with van der Waals surface area (Å²) in [5.74, 6) is 1.02. The molecule has 20 heavy (non-hydrogen) atoms. The maximum Gasteiger partial charge on any atom is 0.124 e. The van der Waals surface area contributed by atoms with Crippen LogP contribution in [-0.4, -0.2) is 36.2 Å². The topological polar surface area (TPSA) is 24.5 Å². The molecule has 1 aromatic carbocycles. The molecule has 1 aromatic rings. The third-order valence-corrected chi connectivity index (χ3v) is 4.20. The number of benzene rings is 1. The van der Waals surface area contributed by atoms with Crippen molar-refractivity contribution in [1.82, 2.24) is 10.2 Å². The molecule has 1 atom stereocenters. The van der Waals surface area contributed by atoms with Crippen molar-refractivity contribution in [2.45, 2.75) is 57.8 Å². The quantitative estimate of drug-likeness (QED) is 0.863. The summed E-state index contributed by atoms with van der Waals surface area (Å²) >= 11 is 0. The number of nitrogens with one attached hydrogen (secondary N) is 1. The van der Waals surface area contributed by atoms with E-state index in [9.17, 15) is 0 Å². The molecule has 1 aliphatic carbocycles. The number of ether oxygens (including phenoxy) is 1. The molecule has 3 rings (SSSR count). The Morgan fingerprint density at radius 3 is 2.80 bits per heavy atom. The molecule has 110 valence electrons. The van der Waals surface area contributed by atoms with E-state index in [4.69, 9.17) is 4.74 Å². The summed E-state index contributed by atoms with van der Waals surface area (Å²) in [6.45, 7) is 7.56. The molecule has 0 radical (unpaired) electrons. The molecule has 0 unspecified atom stereocenters. The van der Waals surface area contributed by atoms with Crippen LogP contribution in [0.15, 0.2) is 24.3 Å². The maximum atomic E-state index is 5.88. The van der Waals surface area contributed by atoms with Gasteiger partial charge in [0.25, 0.3) is 0 Å². The molecule has 2 aliphatic rings. The summed E-state index contributed by atoms with van der Waals surface area (Å²) in [4.78, 5) is 2.65. The summed E-state index contributed by atoms with van der Waals surface area (Å²) in [6.07, 6.45) is 4.34. The Bertz CT molecular complexity index is 442. The number of nitrogens with zero attached hydrogens (tertiary/aromatic N) is 1. The van der Waals surface area contributed by atoms with Gasteiger partial charge in [-0.15, -0.1) is 0 Å². The molecule has 0 aromatic heterocycles. The number of para-hydroxylation sites is 1. The van der Waals surface area contributed by atoms with Crippen LogP contribution in [0.3, 0.4) is 0 Å². The number of hydrogen-bond donors (Lipinski definition) is 1. The van der Waals surface area contributed by atoms with Gasteiger partial charge >= 0.3 is 0 Å². The Morgan fingerprint density at radius 2 is 2.05 bits per heavy atom. The van der Waals surface area contributed by atoms with Crippen molar-refractivity contribution < 1.29 is 4.74 Å². The van der Waals surface area contributed by atoms with Crippen LogP contribution in [0.5, 0.6) is 5.75 Å². The smallest absolute Gasteiger partial charge is 0.124 e. The van der Waals surface area contributed by atoms with Crippen molar-refractivity contribution >= 4 is 0 Å². The van der Waals surface area contributed by atoms with Crippen molar-refractivity contribution in [2.75, 3.05) is 13.1 Å². The Kier molecular flexibility index (Phi) is 4.27. The minimum atomic E-state index is 0.230. The van der Waals surface area contributed by atoms with E-state index < -0.39 is 0 Å². The molecule has 3 nitrogen and oxygen atoms in total. The van der Waals surface area contributed by atoms with Crippen molar-refractivity contribution in [3.63, 3.8) is 0 Å². The van der Waals surface area contributed by atoms with Gasteiger partial charge in [-0.3, -0.25) is 4.90 Å². The van der Waals surface area contributed by atoms with E-state index in [1.165, 1.54) is 37.9 Å². The molecule has 1 heterocycles. The summed E-state index contributed by atoms with van der Waals surface area (Å²) in [5.41, 5.74) is 1.27. The lowest BCUT2D eigenvalue weighted by Gasteiger charge is -2.18. The Morgan fingerprint density at radius 1 is 1.25 bits per heavy atom. The van der Waals surface area contributed by atoms with E-state index in [1.54, 1.807) is 0 Å². The van der Waals surface area contributed by atoms with Crippen LogP contribution in [-0.2, 0) is 6.54 Å². The predicted octanol–water partition coefficient (Wildman–Crippen LogP) is 2.80. The Labute approximate surface area is 122 Å². The fraction of sp³-hybridized carbons (Fsp3) is 0.647. The lowest BCUT2D eigenvalue weighted by Crippen LogP contribution is -2.33. The Balaban J connectivity index is 1.53. The second-order valence-electron chi connectivity index (χ2n) is 6.37. The van der Waals surface area contributed by atoms with Gasteiger partial charge in [-0.05, 0) is 39.2 Å². The van der Waals surface area contributed by atoms with Crippen LogP contribution >= 0.6 is 0 Å². The third kappa shape index (κ3) is 3.53. The number of likely N-dealkylation sites (tertiary alicyclic amines) is 1. The summed E-state index contributed by atoms with van der Waals surface area (Å²) in [6, 6.07) is 9.92. The number of rotatable bonds is 6. The van der Waals surface area contributed by atoms with E-state index in [2.05, 4.69) is 42.3 Å². The van der Waals surface area contributed by atoms with Crippen molar-refractivity contribution in [2.24, 2.45) is 0 Å². The molecule has 1 saturated heterocycles. The van der Waals surface area contributed by atoms with Gasteiger partial charge in [-0.2, -0.15) is 0 Å². The second-order valence-corrected chi connectivity index (χ2v) is 6.37. The highest BCUT2D eigenvalue weighted by Gasteiger charge is 2.34. The van der Waals surface area contributed by atoms with E-state index >= 15 is 0 Å². The first-order chi connectivity index (χ1) is 9.72. The van der Waals surface area contributed by atoms with E-state index in [0.29, 0.717) is 6.04 Å². The van der Waals surface area contributed by atoms with Gasteiger partial charge in [-0.1, -0.05) is 18.2 Å². The van der Waals surface area contributed by atoms with Crippen molar-refractivity contribution in [3.8, 4) is 5.75 Å². The highest BCUT2D eigenvalue weighted by Crippen LogP contribution is 2.30. The third-order valence-electron chi connectivity index (χ3n) is 4.20. The van der Waals surface area contributed by atoms with Crippen LogP contribution in [0.1, 0.15) is 38.7 Å². The van der Waals surface area contributed by atoms with Crippen LogP contribution in [0.25, 0.3) is 0 Å². The highest BCUT2D eigenvalue weighted by molar-refractivity contribution is 5.33. The zero-order valence-electron chi connectivity index (χ0n) is 12.6. The van der Waals surface area contributed by atoms with Crippen LogP contribution < -0.4 is 10.1 Å². The second kappa shape index (κ2) is 6.15. The van der Waals surface area contributed by atoms with Gasteiger partial charge in [0.15, 0.2) is 0 Å².